The van der Waals surface area contributed by atoms with Crippen molar-refractivity contribution in [3.05, 3.63) is 88.8 Å². The fourth-order valence-electron chi connectivity index (χ4n) is 3.77. The Morgan fingerprint density at radius 2 is 1.47 bits per heavy atom. The van der Waals surface area contributed by atoms with Crippen molar-refractivity contribution in [1.82, 2.24) is 0 Å². The first-order valence-corrected chi connectivity index (χ1v) is 10.2. The first-order valence-electron chi connectivity index (χ1n) is 10.2. The highest BCUT2D eigenvalue weighted by Gasteiger charge is 2.25. The van der Waals surface area contributed by atoms with E-state index in [-0.39, 0.29) is 17.5 Å². The summed E-state index contributed by atoms with van der Waals surface area (Å²) in [5.41, 5.74) is 0.0864. The SMILES string of the molecule is O=C(OC1CC=C(c2ccc(-c3ccc(O)c(F)c3F)c(F)c2)CC1)c1ccc(O)c(F)c1F. The number of carbonyl (C=O) groups is 1. The van der Waals surface area contributed by atoms with Gasteiger partial charge in [0, 0.05) is 17.5 Å². The Bertz CT molecular complexity index is 1320. The molecule has 0 heterocycles. The second-order valence-corrected chi connectivity index (χ2v) is 7.75. The summed E-state index contributed by atoms with van der Waals surface area (Å²) in [7, 11) is 0. The third-order valence-electron chi connectivity index (χ3n) is 5.61. The third-order valence-corrected chi connectivity index (χ3v) is 5.61. The summed E-state index contributed by atoms with van der Waals surface area (Å²) in [4.78, 5) is 12.2. The van der Waals surface area contributed by atoms with Gasteiger partial charge in [0.2, 0.25) is 11.6 Å². The molecule has 0 amide bonds. The Morgan fingerprint density at radius 3 is 2.12 bits per heavy atom. The number of hydrogen-bond acceptors (Lipinski definition) is 4. The van der Waals surface area contributed by atoms with Gasteiger partial charge in [-0.05, 0) is 54.3 Å². The molecule has 9 heteroatoms. The molecule has 0 aromatic heterocycles. The summed E-state index contributed by atoms with van der Waals surface area (Å²) in [6.07, 6.45) is 2.05. The van der Waals surface area contributed by atoms with Gasteiger partial charge >= 0.3 is 5.97 Å². The van der Waals surface area contributed by atoms with Gasteiger partial charge in [-0.2, -0.15) is 8.78 Å². The normalized spacial score (nSPS) is 15.7. The van der Waals surface area contributed by atoms with Crippen LogP contribution in [0.1, 0.15) is 35.2 Å². The lowest BCUT2D eigenvalue weighted by molar-refractivity contribution is 0.0279. The van der Waals surface area contributed by atoms with Crippen LogP contribution in [-0.4, -0.2) is 22.3 Å². The quantitative estimate of drug-likeness (QED) is 0.345. The fourth-order valence-corrected chi connectivity index (χ4v) is 3.77. The highest BCUT2D eigenvalue weighted by molar-refractivity contribution is 5.90. The second kappa shape index (κ2) is 9.17. The number of aromatic hydroxyl groups is 2. The van der Waals surface area contributed by atoms with Crippen LogP contribution in [0.4, 0.5) is 22.0 Å². The first kappa shape index (κ1) is 23.3. The number of carbonyl (C=O) groups excluding carboxylic acids is 1. The number of benzene rings is 3. The summed E-state index contributed by atoms with van der Waals surface area (Å²) in [5, 5.41) is 18.4. The van der Waals surface area contributed by atoms with Crippen LogP contribution in [0.5, 0.6) is 11.5 Å². The van der Waals surface area contributed by atoms with Gasteiger partial charge in [-0.25, -0.2) is 18.0 Å². The average molecular weight is 476 g/mol. The molecule has 0 saturated heterocycles. The Labute approximate surface area is 190 Å². The van der Waals surface area contributed by atoms with Crippen LogP contribution in [-0.2, 0) is 4.74 Å². The summed E-state index contributed by atoms with van der Waals surface area (Å²) < 4.78 is 75.0. The Kier molecular flexibility index (Phi) is 6.28. The minimum atomic E-state index is -1.54. The molecule has 2 N–H and O–H groups in total. The molecule has 0 radical (unpaired) electrons. The number of halogens is 5. The molecule has 3 aromatic rings. The minimum Gasteiger partial charge on any atom is -0.505 e. The van der Waals surface area contributed by atoms with Crippen LogP contribution in [0.3, 0.4) is 0 Å². The van der Waals surface area contributed by atoms with Crippen molar-refractivity contribution in [2.24, 2.45) is 0 Å². The monoisotopic (exact) mass is 476 g/mol. The predicted molar refractivity (Wildman–Crippen MR) is 112 cm³/mol. The van der Waals surface area contributed by atoms with E-state index in [4.69, 9.17) is 9.84 Å². The second-order valence-electron chi connectivity index (χ2n) is 7.75. The molecule has 1 atom stereocenters. The third kappa shape index (κ3) is 4.33. The van der Waals surface area contributed by atoms with Crippen LogP contribution >= 0.6 is 0 Å². The van der Waals surface area contributed by atoms with E-state index in [1.54, 1.807) is 6.08 Å². The number of ether oxygens (including phenoxy) is 1. The zero-order valence-corrected chi connectivity index (χ0v) is 17.4. The average Bonchev–Trinajstić information content (AvgIpc) is 2.82. The maximum Gasteiger partial charge on any atom is 0.341 e. The van der Waals surface area contributed by atoms with Gasteiger partial charge in [-0.15, -0.1) is 0 Å². The largest absolute Gasteiger partial charge is 0.505 e. The first-order chi connectivity index (χ1) is 16.2. The molecule has 0 bridgehead atoms. The molecule has 1 unspecified atom stereocenters. The maximum atomic E-state index is 14.7. The molecule has 1 aliphatic carbocycles. The van der Waals surface area contributed by atoms with Crippen molar-refractivity contribution in [3.63, 3.8) is 0 Å². The molecule has 0 fully saturated rings. The minimum absolute atomic E-state index is 0.175. The van der Waals surface area contributed by atoms with E-state index in [1.165, 1.54) is 18.2 Å². The summed E-state index contributed by atoms with van der Waals surface area (Å²) in [6, 6.07) is 7.80. The molecule has 1 aliphatic rings. The molecule has 3 aromatic carbocycles. The van der Waals surface area contributed by atoms with Crippen LogP contribution in [0.15, 0.2) is 48.5 Å². The van der Waals surface area contributed by atoms with Gasteiger partial charge in [0.15, 0.2) is 23.1 Å². The van der Waals surface area contributed by atoms with E-state index in [1.807, 2.05) is 0 Å². The van der Waals surface area contributed by atoms with Crippen molar-refractivity contribution < 1.29 is 41.7 Å². The van der Waals surface area contributed by atoms with E-state index in [2.05, 4.69) is 0 Å². The Balaban J connectivity index is 1.48. The van der Waals surface area contributed by atoms with Crippen LogP contribution in [0, 0.1) is 29.1 Å². The molecular formula is C25H17F5O4. The molecular weight excluding hydrogens is 459 g/mol. The van der Waals surface area contributed by atoms with Crippen LogP contribution < -0.4 is 0 Å². The van der Waals surface area contributed by atoms with Gasteiger partial charge in [-0.3, -0.25) is 0 Å². The lowest BCUT2D eigenvalue weighted by Gasteiger charge is -2.23. The summed E-state index contributed by atoms with van der Waals surface area (Å²) in [6.45, 7) is 0. The van der Waals surface area contributed by atoms with Crippen molar-refractivity contribution in [3.8, 4) is 22.6 Å². The Hall–Kier alpha value is -3.88. The maximum absolute atomic E-state index is 14.7. The lowest BCUT2D eigenvalue weighted by Crippen LogP contribution is -2.21. The molecule has 0 aliphatic heterocycles. The van der Waals surface area contributed by atoms with E-state index >= 15 is 0 Å². The number of allylic oxidation sites excluding steroid dienone is 1. The van der Waals surface area contributed by atoms with E-state index in [0.717, 1.165) is 29.8 Å². The number of esters is 1. The standard InChI is InChI=1S/C25H17F5O4/c26-18-11-13(3-6-15(18)16-7-9-19(31)23(29)21(16)27)12-1-4-14(5-2-12)34-25(33)17-8-10-20(32)24(30)22(17)28/h1,3,6-11,14,31-32H,2,4-5H2. The molecule has 0 saturated carbocycles. The van der Waals surface area contributed by atoms with Crippen LogP contribution in [0.25, 0.3) is 16.7 Å². The van der Waals surface area contributed by atoms with E-state index in [0.29, 0.717) is 18.4 Å². The van der Waals surface area contributed by atoms with Gasteiger partial charge < -0.3 is 14.9 Å². The zero-order chi connectivity index (χ0) is 24.6. The van der Waals surface area contributed by atoms with Gasteiger partial charge in [0.05, 0.1) is 5.56 Å². The fraction of sp³-hybridized carbons (Fsp3) is 0.160. The highest BCUT2D eigenvalue weighted by atomic mass is 19.2. The molecule has 34 heavy (non-hydrogen) atoms. The van der Waals surface area contributed by atoms with Crippen LogP contribution in [0.2, 0.25) is 0 Å². The number of phenolic OH excluding ortho intramolecular Hbond substituents is 2. The number of phenols is 2. The van der Waals surface area contributed by atoms with E-state index in [9.17, 15) is 31.9 Å². The van der Waals surface area contributed by atoms with Gasteiger partial charge in [0.25, 0.3) is 0 Å². The summed E-state index contributed by atoms with van der Waals surface area (Å²) in [5.74, 6) is -9.53. The van der Waals surface area contributed by atoms with Crippen molar-refractivity contribution >= 4 is 11.5 Å². The zero-order valence-electron chi connectivity index (χ0n) is 17.4. The Morgan fingerprint density at radius 1 is 0.824 bits per heavy atom. The van der Waals surface area contributed by atoms with Crippen molar-refractivity contribution in [1.29, 1.82) is 0 Å². The molecule has 0 spiro atoms. The molecule has 4 nitrogen and oxygen atoms in total. The molecule has 4 rings (SSSR count). The topological polar surface area (TPSA) is 66.8 Å². The van der Waals surface area contributed by atoms with Gasteiger partial charge in [0.1, 0.15) is 11.9 Å². The predicted octanol–water partition coefficient (Wildman–Crippen LogP) is 6.25. The number of hydrogen-bond donors (Lipinski definition) is 2. The van der Waals surface area contributed by atoms with Crippen molar-refractivity contribution in [2.75, 3.05) is 0 Å². The summed E-state index contributed by atoms with van der Waals surface area (Å²) >= 11 is 0. The van der Waals surface area contributed by atoms with Gasteiger partial charge in [-0.1, -0.05) is 18.2 Å². The highest BCUT2D eigenvalue weighted by Crippen LogP contribution is 2.34. The number of rotatable bonds is 4. The lowest BCUT2D eigenvalue weighted by atomic mass is 9.90. The van der Waals surface area contributed by atoms with E-state index < -0.39 is 58.2 Å². The van der Waals surface area contributed by atoms with Crippen molar-refractivity contribution in [2.45, 2.75) is 25.4 Å². The molecule has 176 valence electrons. The smallest absolute Gasteiger partial charge is 0.341 e.